The van der Waals surface area contributed by atoms with E-state index in [9.17, 15) is 9.90 Å². The van der Waals surface area contributed by atoms with Crippen molar-refractivity contribution in [3.63, 3.8) is 0 Å². The molecular weight excluding hydrogens is 194 g/mol. The van der Waals surface area contributed by atoms with Gasteiger partial charge in [0.1, 0.15) is 5.75 Å². The van der Waals surface area contributed by atoms with E-state index in [1.807, 2.05) is 0 Å². The van der Waals surface area contributed by atoms with E-state index >= 15 is 0 Å². The van der Waals surface area contributed by atoms with Crippen LogP contribution in [0.2, 0.25) is 0 Å². The Morgan fingerprint density at radius 1 is 1.60 bits per heavy atom. The first-order chi connectivity index (χ1) is 7.22. The molecule has 0 amide bonds. The minimum Gasteiger partial charge on any atom is -0.549 e. The predicted molar refractivity (Wildman–Crippen MR) is 53.2 cm³/mol. The zero-order chi connectivity index (χ0) is 10.8. The molecule has 78 valence electrons. The fourth-order valence-corrected chi connectivity index (χ4v) is 1.66. The Morgan fingerprint density at radius 2 is 2.40 bits per heavy atom. The van der Waals surface area contributed by atoms with Crippen LogP contribution in [0.5, 0.6) is 5.75 Å². The number of methoxy groups -OCH3 is 1. The summed E-state index contributed by atoms with van der Waals surface area (Å²) >= 11 is 0. The van der Waals surface area contributed by atoms with Gasteiger partial charge in [0.15, 0.2) is 0 Å². The van der Waals surface area contributed by atoms with Crippen LogP contribution in [-0.4, -0.2) is 25.8 Å². The summed E-state index contributed by atoms with van der Waals surface area (Å²) in [6, 6.07) is 5.30. The van der Waals surface area contributed by atoms with Gasteiger partial charge in [0.25, 0.3) is 0 Å². The molecule has 0 spiro atoms. The molecular formula is C11H10NO3-. The Bertz CT molecular complexity index is 426. The summed E-state index contributed by atoms with van der Waals surface area (Å²) in [4.78, 5) is 14.9. The number of hydrogen-bond donors (Lipinski definition) is 0. The summed E-state index contributed by atoms with van der Waals surface area (Å²) in [5, 5.41) is 10.9. The lowest BCUT2D eigenvalue weighted by atomic mass is 9.92. The maximum Gasteiger partial charge on any atom is 0.119 e. The van der Waals surface area contributed by atoms with Crippen molar-refractivity contribution in [3.8, 4) is 5.75 Å². The van der Waals surface area contributed by atoms with Gasteiger partial charge in [-0.3, -0.25) is 4.99 Å². The molecule has 1 aromatic carbocycles. The first kappa shape index (κ1) is 9.71. The molecule has 1 aliphatic rings. The Hall–Kier alpha value is -1.84. The molecule has 0 saturated carbocycles. The van der Waals surface area contributed by atoms with Gasteiger partial charge >= 0.3 is 0 Å². The molecule has 0 aliphatic carbocycles. The van der Waals surface area contributed by atoms with Crippen molar-refractivity contribution in [3.05, 3.63) is 29.3 Å². The van der Waals surface area contributed by atoms with Gasteiger partial charge in [0.2, 0.25) is 0 Å². The van der Waals surface area contributed by atoms with Crippen molar-refractivity contribution in [2.24, 2.45) is 4.99 Å². The van der Waals surface area contributed by atoms with E-state index in [2.05, 4.69) is 4.99 Å². The monoisotopic (exact) mass is 204 g/mol. The smallest absolute Gasteiger partial charge is 0.119 e. The van der Waals surface area contributed by atoms with Crippen LogP contribution in [0.1, 0.15) is 17.0 Å². The number of nitrogens with zero attached hydrogens (tertiary/aromatic N) is 1. The van der Waals surface area contributed by atoms with Crippen molar-refractivity contribution >= 4 is 12.2 Å². The number of carbonyl (C=O) groups is 1. The van der Waals surface area contributed by atoms with Gasteiger partial charge in [-0.1, -0.05) is 0 Å². The van der Waals surface area contributed by atoms with Crippen LogP contribution in [0.3, 0.4) is 0 Å². The maximum absolute atomic E-state index is 10.9. The number of fused-ring (bicyclic) bond motifs is 1. The van der Waals surface area contributed by atoms with Gasteiger partial charge in [-0.2, -0.15) is 0 Å². The van der Waals surface area contributed by atoms with Gasteiger partial charge in [-0.15, -0.1) is 0 Å². The number of ether oxygens (including phenoxy) is 1. The zero-order valence-corrected chi connectivity index (χ0v) is 8.27. The van der Waals surface area contributed by atoms with E-state index in [0.29, 0.717) is 11.3 Å². The Labute approximate surface area is 87.2 Å². The van der Waals surface area contributed by atoms with Crippen LogP contribution in [0.15, 0.2) is 23.2 Å². The van der Waals surface area contributed by atoms with Crippen molar-refractivity contribution in [2.45, 2.75) is 5.92 Å². The van der Waals surface area contributed by atoms with Crippen molar-refractivity contribution < 1.29 is 14.6 Å². The molecule has 4 nitrogen and oxygen atoms in total. The normalized spacial score (nSPS) is 18.3. The molecule has 1 atom stereocenters. The van der Waals surface area contributed by atoms with E-state index in [1.54, 1.807) is 31.5 Å². The maximum atomic E-state index is 10.9. The molecule has 0 fully saturated rings. The lowest BCUT2D eigenvalue weighted by Crippen LogP contribution is -2.33. The van der Waals surface area contributed by atoms with E-state index in [4.69, 9.17) is 4.74 Å². The number of carbonyl (C=O) groups excluding carboxylic acids is 1. The lowest BCUT2D eigenvalue weighted by molar-refractivity contribution is -0.307. The average molecular weight is 204 g/mol. The molecule has 4 heteroatoms. The highest BCUT2D eigenvalue weighted by molar-refractivity contribution is 5.88. The third-order valence-corrected chi connectivity index (χ3v) is 2.47. The second-order valence-corrected chi connectivity index (χ2v) is 3.36. The summed E-state index contributed by atoms with van der Waals surface area (Å²) in [5.74, 6) is -1.11. The first-order valence-corrected chi connectivity index (χ1v) is 4.61. The molecule has 15 heavy (non-hydrogen) atoms. The van der Waals surface area contributed by atoms with E-state index in [-0.39, 0.29) is 6.54 Å². The number of hydrogen-bond acceptors (Lipinski definition) is 4. The molecule has 0 radical (unpaired) electrons. The van der Waals surface area contributed by atoms with E-state index in [1.165, 1.54) is 0 Å². The minimum absolute atomic E-state index is 0.239. The molecule has 0 N–H and O–H groups in total. The van der Waals surface area contributed by atoms with Crippen LogP contribution in [0.25, 0.3) is 0 Å². The van der Waals surface area contributed by atoms with Crippen LogP contribution in [0, 0.1) is 0 Å². The summed E-state index contributed by atoms with van der Waals surface area (Å²) in [6.45, 7) is 0.239. The average Bonchev–Trinajstić information content (AvgIpc) is 2.27. The summed E-state index contributed by atoms with van der Waals surface area (Å²) in [6.07, 6.45) is 1.67. The molecule has 0 aromatic heterocycles. The van der Waals surface area contributed by atoms with Crippen LogP contribution in [0.4, 0.5) is 0 Å². The molecule has 1 aromatic rings. The van der Waals surface area contributed by atoms with Crippen molar-refractivity contribution in [1.29, 1.82) is 0 Å². The number of carboxylic acid groups (broad SMARTS) is 1. The largest absolute Gasteiger partial charge is 0.549 e. The van der Waals surface area contributed by atoms with Crippen LogP contribution in [-0.2, 0) is 4.79 Å². The van der Waals surface area contributed by atoms with Gasteiger partial charge in [-0.05, 0) is 29.3 Å². The number of carboxylic acids is 1. The topological polar surface area (TPSA) is 61.7 Å². The molecule has 1 aliphatic heterocycles. The lowest BCUT2D eigenvalue weighted by Gasteiger charge is -2.22. The van der Waals surface area contributed by atoms with E-state index in [0.717, 1.165) is 5.56 Å². The number of rotatable bonds is 2. The third-order valence-electron chi connectivity index (χ3n) is 2.47. The van der Waals surface area contributed by atoms with Gasteiger partial charge in [-0.25, -0.2) is 0 Å². The minimum atomic E-state index is -1.10. The fourth-order valence-electron chi connectivity index (χ4n) is 1.66. The summed E-state index contributed by atoms with van der Waals surface area (Å²) < 4.78 is 5.05. The summed E-state index contributed by atoms with van der Waals surface area (Å²) in [5.41, 5.74) is 1.53. The third kappa shape index (κ3) is 1.70. The Kier molecular flexibility index (Phi) is 2.41. The SMILES string of the molecule is COc1ccc2c(c1)C(C(=O)[O-])CN=C2. The highest BCUT2D eigenvalue weighted by atomic mass is 16.5. The Balaban J connectivity index is 2.49. The number of benzene rings is 1. The highest BCUT2D eigenvalue weighted by Crippen LogP contribution is 2.26. The van der Waals surface area contributed by atoms with E-state index < -0.39 is 11.9 Å². The van der Waals surface area contributed by atoms with Gasteiger partial charge in [0, 0.05) is 12.1 Å². The second kappa shape index (κ2) is 3.73. The van der Waals surface area contributed by atoms with Gasteiger partial charge in [0.05, 0.1) is 19.6 Å². The van der Waals surface area contributed by atoms with Crippen molar-refractivity contribution in [2.75, 3.05) is 13.7 Å². The van der Waals surface area contributed by atoms with Crippen LogP contribution < -0.4 is 9.84 Å². The number of aliphatic carboxylic acids is 1. The highest BCUT2D eigenvalue weighted by Gasteiger charge is 2.19. The molecule has 0 bridgehead atoms. The zero-order valence-electron chi connectivity index (χ0n) is 8.27. The first-order valence-electron chi connectivity index (χ1n) is 4.61. The van der Waals surface area contributed by atoms with Crippen molar-refractivity contribution in [1.82, 2.24) is 0 Å². The molecule has 0 saturated heterocycles. The fraction of sp³-hybridized carbons (Fsp3) is 0.273. The second-order valence-electron chi connectivity index (χ2n) is 3.36. The summed E-state index contributed by atoms with van der Waals surface area (Å²) in [7, 11) is 1.55. The van der Waals surface area contributed by atoms with Gasteiger partial charge < -0.3 is 14.6 Å². The molecule has 1 unspecified atom stereocenters. The van der Waals surface area contributed by atoms with Crippen LogP contribution >= 0.6 is 0 Å². The standard InChI is InChI=1S/C11H11NO3/c1-15-8-3-2-7-5-12-6-10(11(13)14)9(7)4-8/h2-5,10H,6H2,1H3,(H,13,14)/p-1. The quantitative estimate of drug-likeness (QED) is 0.679. The predicted octanol–water partition coefficient (Wildman–Crippen LogP) is -0.0388. The molecule has 1 heterocycles. The Morgan fingerprint density at radius 3 is 3.07 bits per heavy atom. The number of aliphatic imine (C=N–C) groups is 1. The molecule has 2 rings (SSSR count).